The molecule has 0 atom stereocenters. The molecule has 0 aromatic heterocycles. The van der Waals surface area contributed by atoms with Crippen molar-refractivity contribution in [3.63, 3.8) is 0 Å². The largest absolute Gasteiger partial charge is 0.405 e. The molecule has 0 fully saturated rings. The summed E-state index contributed by atoms with van der Waals surface area (Å²) in [5.41, 5.74) is 7.56. The molecule has 2 nitrogen and oxygen atoms in total. The number of hydrogen-bond acceptors (Lipinski definition) is 2. The highest BCUT2D eigenvalue weighted by Crippen LogP contribution is 2.23. The Balaban J connectivity index is 2.99. The van der Waals surface area contributed by atoms with Crippen LogP contribution in [0.25, 0.3) is 5.70 Å². The van der Waals surface area contributed by atoms with E-state index in [1.165, 1.54) is 6.20 Å². The molecule has 84 valence electrons. The van der Waals surface area contributed by atoms with Crippen LogP contribution in [0.1, 0.15) is 5.56 Å². The minimum absolute atomic E-state index is 0.615. The van der Waals surface area contributed by atoms with E-state index in [0.717, 1.165) is 11.3 Å². The highest BCUT2D eigenvalue weighted by atomic mass is 79.9. The lowest BCUT2D eigenvalue weighted by atomic mass is 10.2. The van der Waals surface area contributed by atoms with E-state index in [-0.39, 0.29) is 0 Å². The molecule has 0 unspecified atom stereocenters. The Hall–Kier alpha value is -1.06. The molecule has 0 aliphatic rings. The predicted molar refractivity (Wildman–Crippen MR) is 75.0 cm³/mol. The van der Waals surface area contributed by atoms with Crippen LogP contribution < -0.4 is 5.73 Å². The lowest BCUT2D eigenvalue weighted by Gasteiger charge is -2.04. The van der Waals surface area contributed by atoms with Gasteiger partial charge in [-0.15, -0.1) is 0 Å². The van der Waals surface area contributed by atoms with E-state index in [4.69, 9.17) is 17.3 Å². The average molecular weight is 300 g/mol. The van der Waals surface area contributed by atoms with Gasteiger partial charge in [0.15, 0.2) is 0 Å². The van der Waals surface area contributed by atoms with Gasteiger partial charge in [-0.1, -0.05) is 52.3 Å². The van der Waals surface area contributed by atoms with Crippen molar-refractivity contribution in [2.24, 2.45) is 10.7 Å². The fraction of sp³-hybridized carbons (Fsp3) is 0.0833. The Kier molecular flexibility index (Phi) is 5.29. The Morgan fingerprint density at radius 1 is 1.50 bits per heavy atom. The predicted octanol–water partition coefficient (Wildman–Crippen LogP) is 3.62. The van der Waals surface area contributed by atoms with Gasteiger partial charge in [0.05, 0.1) is 11.4 Å². The van der Waals surface area contributed by atoms with Crippen molar-refractivity contribution in [3.05, 3.63) is 53.7 Å². The summed E-state index contributed by atoms with van der Waals surface area (Å²) in [5, 5.41) is 1.26. The zero-order chi connectivity index (χ0) is 12.0. The first-order valence-corrected chi connectivity index (χ1v) is 6.14. The summed E-state index contributed by atoms with van der Waals surface area (Å²) in [6, 6.07) is 7.46. The van der Waals surface area contributed by atoms with Gasteiger partial charge in [-0.05, 0) is 18.3 Å². The quantitative estimate of drug-likeness (QED) is 0.669. The minimum atomic E-state index is 0.615. The van der Waals surface area contributed by atoms with Crippen LogP contribution in [0.5, 0.6) is 0 Å². The number of nitrogens with two attached hydrogens (primary N) is 1. The van der Waals surface area contributed by atoms with Gasteiger partial charge in [0, 0.05) is 15.9 Å². The van der Waals surface area contributed by atoms with Crippen LogP contribution >= 0.6 is 27.5 Å². The molecule has 0 bridgehead atoms. The van der Waals surface area contributed by atoms with E-state index in [0.29, 0.717) is 16.0 Å². The van der Waals surface area contributed by atoms with Crippen molar-refractivity contribution in [1.29, 1.82) is 0 Å². The molecule has 0 amide bonds. The Bertz CT molecular complexity index is 438. The number of nitrogens with zero attached hydrogens (tertiary/aromatic N) is 1. The van der Waals surface area contributed by atoms with Crippen LogP contribution in [-0.4, -0.2) is 11.0 Å². The maximum Gasteiger partial charge on any atom is 0.0648 e. The monoisotopic (exact) mass is 298 g/mol. The summed E-state index contributed by atoms with van der Waals surface area (Å²) in [6.07, 6.45) is 3.16. The molecule has 2 N–H and O–H groups in total. The van der Waals surface area contributed by atoms with Crippen LogP contribution in [0.15, 0.2) is 48.1 Å². The highest BCUT2D eigenvalue weighted by Gasteiger charge is 2.02. The SMILES string of the molecule is C=C(/N=C(\C=C/N)CBr)c1ccccc1Cl. The molecule has 1 rings (SSSR count). The second kappa shape index (κ2) is 6.51. The highest BCUT2D eigenvalue weighted by molar-refractivity contribution is 9.09. The molecule has 0 spiro atoms. The van der Waals surface area contributed by atoms with Crippen molar-refractivity contribution >= 4 is 38.9 Å². The summed E-state index contributed by atoms with van der Waals surface area (Å²) >= 11 is 9.36. The maximum atomic E-state index is 6.04. The van der Waals surface area contributed by atoms with E-state index in [9.17, 15) is 0 Å². The van der Waals surface area contributed by atoms with Crippen LogP contribution in [0, 0.1) is 0 Å². The van der Waals surface area contributed by atoms with E-state index < -0.39 is 0 Å². The van der Waals surface area contributed by atoms with Gasteiger partial charge in [-0.2, -0.15) is 0 Å². The van der Waals surface area contributed by atoms with Crippen LogP contribution in [0.2, 0.25) is 5.02 Å². The molecule has 4 heteroatoms. The third-order valence-electron chi connectivity index (χ3n) is 1.89. The Morgan fingerprint density at radius 2 is 2.19 bits per heavy atom. The number of benzene rings is 1. The Labute approximate surface area is 109 Å². The van der Waals surface area contributed by atoms with Crippen molar-refractivity contribution in [3.8, 4) is 0 Å². The summed E-state index contributed by atoms with van der Waals surface area (Å²) in [5.74, 6) is 0. The van der Waals surface area contributed by atoms with Gasteiger partial charge in [0.2, 0.25) is 0 Å². The normalized spacial score (nSPS) is 12.0. The van der Waals surface area contributed by atoms with Gasteiger partial charge < -0.3 is 5.73 Å². The third-order valence-corrected chi connectivity index (χ3v) is 2.79. The minimum Gasteiger partial charge on any atom is -0.405 e. The molecule has 0 aliphatic heterocycles. The number of rotatable bonds is 4. The lowest BCUT2D eigenvalue weighted by molar-refractivity contribution is 1.50. The van der Waals surface area contributed by atoms with E-state index >= 15 is 0 Å². The van der Waals surface area contributed by atoms with Gasteiger partial charge in [0.25, 0.3) is 0 Å². The number of allylic oxidation sites excluding steroid dienone is 1. The summed E-state index contributed by atoms with van der Waals surface area (Å²) in [6.45, 7) is 3.89. The molecule has 1 aromatic rings. The Morgan fingerprint density at radius 3 is 2.75 bits per heavy atom. The van der Waals surface area contributed by atoms with Crippen molar-refractivity contribution in [2.45, 2.75) is 0 Å². The van der Waals surface area contributed by atoms with Gasteiger partial charge in [-0.25, -0.2) is 0 Å². The van der Waals surface area contributed by atoms with E-state index in [1.54, 1.807) is 6.08 Å². The maximum absolute atomic E-state index is 6.04. The van der Waals surface area contributed by atoms with Crippen LogP contribution in [-0.2, 0) is 0 Å². The molecule has 0 saturated heterocycles. The molecule has 0 aliphatic carbocycles. The molecular weight excluding hydrogens is 288 g/mol. The zero-order valence-corrected chi connectivity index (χ0v) is 11.0. The smallest absolute Gasteiger partial charge is 0.0648 e. The lowest BCUT2D eigenvalue weighted by Crippen LogP contribution is -1.97. The fourth-order valence-corrected chi connectivity index (χ4v) is 1.71. The van der Waals surface area contributed by atoms with Crippen LogP contribution in [0.4, 0.5) is 0 Å². The third kappa shape index (κ3) is 3.51. The standard InChI is InChI=1S/C12H12BrClN2/c1-9(16-10(8-13)6-7-15)11-4-2-3-5-12(11)14/h2-7H,1,8,15H2/b7-6-,16-10+. The number of halogens is 2. The summed E-state index contributed by atoms with van der Waals surface area (Å²) in [7, 11) is 0. The topological polar surface area (TPSA) is 38.4 Å². The molecule has 16 heavy (non-hydrogen) atoms. The van der Waals surface area contributed by atoms with E-state index in [2.05, 4.69) is 27.5 Å². The molecule has 0 radical (unpaired) electrons. The van der Waals surface area contributed by atoms with Gasteiger partial charge >= 0.3 is 0 Å². The van der Waals surface area contributed by atoms with Crippen LogP contribution in [0.3, 0.4) is 0 Å². The average Bonchev–Trinajstić information content (AvgIpc) is 2.28. The van der Waals surface area contributed by atoms with Crippen molar-refractivity contribution < 1.29 is 0 Å². The number of hydrogen-bond donors (Lipinski definition) is 1. The second-order valence-corrected chi connectivity index (χ2v) is 3.99. The first-order valence-electron chi connectivity index (χ1n) is 4.64. The molecular formula is C12H12BrClN2. The van der Waals surface area contributed by atoms with Gasteiger partial charge in [0.1, 0.15) is 0 Å². The number of aliphatic imine (C=N–C) groups is 1. The molecule has 0 saturated carbocycles. The zero-order valence-electron chi connectivity index (χ0n) is 8.66. The first-order chi connectivity index (χ1) is 7.69. The first kappa shape index (κ1) is 13.0. The van der Waals surface area contributed by atoms with Crippen molar-refractivity contribution in [1.82, 2.24) is 0 Å². The summed E-state index contributed by atoms with van der Waals surface area (Å²) in [4.78, 5) is 4.34. The fourth-order valence-electron chi connectivity index (χ4n) is 1.15. The van der Waals surface area contributed by atoms with Crippen molar-refractivity contribution in [2.75, 3.05) is 5.33 Å². The second-order valence-electron chi connectivity index (χ2n) is 3.02. The van der Waals surface area contributed by atoms with Gasteiger partial charge in [-0.3, -0.25) is 4.99 Å². The molecule has 1 aromatic carbocycles. The molecule has 0 heterocycles. The number of alkyl halides is 1. The van der Waals surface area contributed by atoms with E-state index in [1.807, 2.05) is 24.3 Å². The summed E-state index contributed by atoms with van der Waals surface area (Å²) < 4.78 is 0.